The minimum absolute atomic E-state index is 0.0150. The third-order valence-corrected chi connectivity index (χ3v) is 8.62. The Morgan fingerprint density at radius 3 is 2.53 bits per heavy atom. The molecule has 1 aromatic carbocycles. The van der Waals surface area contributed by atoms with Crippen LogP contribution in [0.3, 0.4) is 0 Å². The number of amides is 2. The van der Waals surface area contributed by atoms with Gasteiger partial charge in [-0.05, 0) is 53.2 Å². The molecular weight excluding hydrogens is 603 g/mol. The maximum atomic E-state index is 15.1. The number of carbonyl (C=O) groups is 2. The molecule has 2 atom stereocenters. The quantitative estimate of drug-likeness (QED) is 0.451. The van der Waals surface area contributed by atoms with Crippen LogP contribution in [0.25, 0.3) is 11.3 Å². The zero-order valence-corrected chi connectivity index (χ0v) is 26.6. The van der Waals surface area contributed by atoms with E-state index in [2.05, 4.69) is 0 Å². The monoisotopic (exact) mass is 638 g/mol. The second-order valence-corrected chi connectivity index (χ2v) is 14.7. The summed E-state index contributed by atoms with van der Waals surface area (Å²) in [7, 11) is -3.76. The molecule has 5 rings (SSSR count). The number of hydrogen-bond acceptors (Lipinski definition) is 9. The number of nitrogens with zero attached hydrogens (tertiary/aromatic N) is 4. The Balaban J connectivity index is 1.60. The maximum absolute atomic E-state index is 15.1. The highest BCUT2D eigenvalue weighted by atomic mass is 35.5. The Morgan fingerprint density at radius 2 is 1.88 bits per heavy atom. The van der Waals surface area contributed by atoms with E-state index in [0.717, 1.165) is 6.26 Å². The van der Waals surface area contributed by atoms with Crippen LogP contribution in [0.1, 0.15) is 51.4 Å². The number of carbonyl (C=O) groups excluding carboxylic acids is 2. The first-order chi connectivity index (χ1) is 19.9. The fourth-order valence-electron chi connectivity index (χ4n) is 5.83. The zero-order chi connectivity index (χ0) is 31.5. The van der Waals surface area contributed by atoms with E-state index in [1.807, 2.05) is 13.8 Å². The van der Waals surface area contributed by atoms with Gasteiger partial charge >= 0.3 is 6.09 Å². The molecule has 4 heterocycles. The topological polar surface area (TPSA) is 119 Å². The average molecular weight is 639 g/mol. The summed E-state index contributed by atoms with van der Waals surface area (Å²) in [6.45, 7) is 9.86. The van der Waals surface area contributed by atoms with Crippen LogP contribution in [0.4, 0.5) is 15.0 Å². The smallest absolute Gasteiger partial charge is 0.410 e. The number of aromatic nitrogens is 1. The third-order valence-electron chi connectivity index (χ3n) is 7.64. The molecule has 2 fully saturated rings. The predicted molar refractivity (Wildman–Crippen MR) is 159 cm³/mol. The molecule has 2 aromatic rings. The molecule has 0 saturated carbocycles. The van der Waals surface area contributed by atoms with Crippen molar-refractivity contribution in [1.29, 1.82) is 0 Å². The summed E-state index contributed by atoms with van der Waals surface area (Å²) in [5.41, 5.74) is -1.10. The van der Waals surface area contributed by atoms with E-state index in [9.17, 15) is 18.0 Å². The van der Waals surface area contributed by atoms with Gasteiger partial charge in [0.05, 0.1) is 24.1 Å². The molecule has 0 unspecified atom stereocenters. The number of fused-ring (bicyclic) bond motifs is 2. The van der Waals surface area contributed by atoms with Gasteiger partial charge in [-0.2, -0.15) is 8.42 Å². The summed E-state index contributed by atoms with van der Waals surface area (Å²) < 4.78 is 56.1. The number of benzene rings is 1. The predicted octanol–water partition coefficient (Wildman–Crippen LogP) is 4.33. The van der Waals surface area contributed by atoms with Crippen LogP contribution in [-0.4, -0.2) is 97.5 Å². The first kappa shape index (κ1) is 31.3. The highest BCUT2D eigenvalue weighted by Gasteiger charge is 2.46. The molecule has 0 radical (unpaired) electrons. The first-order valence-corrected chi connectivity index (χ1v) is 16.2. The molecule has 0 bridgehead atoms. The summed E-state index contributed by atoms with van der Waals surface area (Å²) in [6.07, 6.45) is 0.113. The molecule has 0 spiro atoms. The SMILES string of the molecule is CC(C)(C)OC(=O)N1CCN2C(=O)c3c(N4C[C@H](OS(C)(=O)=O)CC4(C)C)nc(-c4ccccc4F)c(Cl)c3OC[C@H]2C1. The Bertz CT molecular complexity index is 1560. The van der Waals surface area contributed by atoms with E-state index < -0.39 is 51.2 Å². The molecule has 2 amide bonds. The van der Waals surface area contributed by atoms with Gasteiger partial charge in [0.15, 0.2) is 5.75 Å². The molecule has 14 heteroatoms. The molecule has 0 N–H and O–H groups in total. The lowest BCUT2D eigenvalue weighted by molar-refractivity contribution is 0.000951. The number of rotatable bonds is 4. The molecule has 43 heavy (non-hydrogen) atoms. The van der Waals surface area contributed by atoms with Crippen molar-refractivity contribution in [2.75, 3.05) is 43.9 Å². The molecule has 3 aliphatic rings. The summed E-state index contributed by atoms with van der Waals surface area (Å²) in [6, 6.07) is 5.49. The molecule has 3 aliphatic heterocycles. The van der Waals surface area contributed by atoms with E-state index in [1.165, 1.54) is 12.1 Å². The highest BCUT2D eigenvalue weighted by Crippen LogP contribution is 2.47. The van der Waals surface area contributed by atoms with Crippen molar-refractivity contribution >= 4 is 39.5 Å². The lowest BCUT2D eigenvalue weighted by Crippen LogP contribution is -2.58. The Kier molecular flexibility index (Phi) is 8.06. The van der Waals surface area contributed by atoms with Crippen molar-refractivity contribution in [2.45, 2.75) is 64.3 Å². The second-order valence-electron chi connectivity index (χ2n) is 12.7. The van der Waals surface area contributed by atoms with Gasteiger partial charge in [-0.1, -0.05) is 23.7 Å². The van der Waals surface area contributed by atoms with E-state index in [4.69, 9.17) is 30.2 Å². The minimum Gasteiger partial charge on any atom is -0.489 e. The standard InChI is InChI=1S/C29H36ClFN4O7S/c1-28(2,3)41-27(37)33-11-12-34-17(14-33)16-40-24-21(26(34)36)25(32-23(22(24)30)19-9-7-8-10-20(19)31)35-15-18(13-29(35,4)5)42-43(6,38)39/h7-10,17-18H,11-16H2,1-6H3/t17-,18-/m1/s1. The van der Waals surface area contributed by atoms with Crippen molar-refractivity contribution < 1.29 is 36.1 Å². The number of ether oxygens (including phenoxy) is 2. The fourth-order valence-corrected chi connectivity index (χ4v) is 6.75. The van der Waals surface area contributed by atoms with E-state index >= 15 is 4.39 Å². The van der Waals surface area contributed by atoms with E-state index in [0.29, 0.717) is 6.42 Å². The molecule has 2 saturated heterocycles. The van der Waals surface area contributed by atoms with Crippen LogP contribution >= 0.6 is 11.6 Å². The lowest BCUT2D eigenvalue weighted by atomic mass is 10.00. The summed E-state index contributed by atoms with van der Waals surface area (Å²) >= 11 is 6.85. The van der Waals surface area contributed by atoms with Crippen LogP contribution in [0, 0.1) is 5.82 Å². The molecule has 234 valence electrons. The Labute approximate surface area is 256 Å². The van der Waals surface area contributed by atoms with Crippen LogP contribution in [0.15, 0.2) is 24.3 Å². The van der Waals surface area contributed by atoms with E-state index in [-0.39, 0.29) is 66.2 Å². The van der Waals surface area contributed by atoms with Gasteiger partial charge in [0.2, 0.25) is 0 Å². The van der Waals surface area contributed by atoms with Crippen molar-refractivity contribution in [2.24, 2.45) is 0 Å². The average Bonchev–Trinajstić information content (AvgIpc) is 3.09. The number of pyridine rings is 1. The van der Waals surface area contributed by atoms with Crippen LogP contribution in [0.5, 0.6) is 5.75 Å². The van der Waals surface area contributed by atoms with Crippen molar-refractivity contribution in [3.8, 4) is 17.0 Å². The Morgan fingerprint density at radius 1 is 1.19 bits per heavy atom. The van der Waals surface area contributed by atoms with Crippen LogP contribution in [0.2, 0.25) is 5.02 Å². The summed E-state index contributed by atoms with van der Waals surface area (Å²) in [4.78, 5) is 36.9. The normalized spacial score (nSPS) is 22.0. The third kappa shape index (κ3) is 6.39. The highest BCUT2D eigenvalue weighted by molar-refractivity contribution is 7.86. The summed E-state index contributed by atoms with van der Waals surface area (Å²) in [5, 5.41) is -0.0259. The first-order valence-electron chi connectivity index (χ1n) is 14.0. The fraction of sp³-hybridized carbons (Fsp3) is 0.552. The zero-order valence-electron chi connectivity index (χ0n) is 25.0. The minimum atomic E-state index is -3.76. The summed E-state index contributed by atoms with van der Waals surface area (Å²) in [5.74, 6) is -0.736. The molecule has 1 aromatic heterocycles. The van der Waals surface area contributed by atoms with Crippen molar-refractivity contribution in [3.63, 3.8) is 0 Å². The van der Waals surface area contributed by atoms with E-state index in [1.54, 1.807) is 47.6 Å². The lowest BCUT2D eigenvalue weighted by Gasteiger charge is -2.40. The second kappa shape index (κ2) is 11.1. The van der Waals surface area contributed by atoms with Crippen molar-refractivity contribution in [1.82, 2.24) is 14.8 Å². The van der Waals surface area contributed by atoms with Gasteiger partial charge in [-0.25, -0.2) is 14.2 Å². The number of halogens is 2. The van der Waals surface area contributed by atoms with Gasteiger partial charge in [-0.15, -0.1) is 0 Å². The largest absolute Gasteiger partial charge is 0.489 e. The molecular formula is C29H36ClFN4O7S. The molecule has 0 aliphatic carbocycles. The Hall–Kier alpha value is -3.16. The van der Waals surface area contributed by atoms with Gasteiger partial charge in [0, 0.05) is 37.3 Å². The van der Waals surface area contributed by atoms with Gasteiger partial charge < -0.3 is 24.2 Å². The number of piperazine rings is 1. The van der Waals surface area contributed by atoms with Crippen molar-refractivity contribution in [3.05, 3.63) is 40.7 Å². The number of hydrogen-bond donors (Lipinski definition) is 0. The molecule has 11 nitrogen and oxygen atoms in total. The van der Waals surface area contributed by atoms with Crippen LogP contribution < -0.4 is 9.64 Å². The maximum Gasteiger partial charge on any atom is 0.410 e. The number of anilines is 1. The van der Waals surface area contributed by atoms with Gasteiger partial charge in [-0.3, -0.25) is 8.98 Å². The van der Waals surface area contributed by atoms with Gasteiger partial charge in [0.25, 0.3) is 16.0 Å². The van der Waals surface area contributed by atoms with Gasteiger partial charge in [0.1, 0.15) is 34.4 Å². The van der Waals surface area contributed by atoms with Crippen LogP contribution in [-0.2, 0) is 19.0 Å².